The number of rotatable bonds is 11. The van der Waals surface area contributed by atoms with E-state index >= 15 is 0 Å². The highest BCUT2D eigenvalue weighted by atomic mass is 16.3. The van der Waals surface area contributed by atoms with Gasteiger partial charge in [-0.1, -0.05) is 69.9 Å². The molecule has 1 atom stereocenters. The molecule has 110 valence electrons. The Hall–Kier alpha value is -0.900. The number of aliphatic hydroxyl groups excluding tert-OH is 1. The van der Waals surface area contributed by atoms with E-state index in [9.17, 15) is 5.11 Å². The van der Waals surface area contributed by atoms with Gasteiger partial charge in [0.2, 0.25) is 0 Å². The van der Waals surface area contributed by atoms with Crippen molar-refractivity contribution in [3.63, 3.8) is 0 Å². The maximum Gasteiger partial charge on any atom is 0.0972 e. The lowest BCUT2D eigenvalue weighted by Crippen LogP contribution is -2.05. The Balaban J connectivity index is 1.95. The highest BCUT2D eigenvalue weighted by molar-refractivity contribution is 4.97. The van der Waals surface area contributed by atoms with Crippen molar-refractivity contribution in [2.24, 2.45) is 7.05 Å². The SMILES string of the molecule is CCCCCCCCCCCC(O)c1cnnn1C. The lowest BCUT2D eigenvalue weighted by Gasteiger charge is -2.09. The third-order valence-corrected chi connectivity index (χ3v) is 3.67. The van der Waals surface area contributed by atoms with Crippen molar-refractivity contribution in [1.29, 1.82) is 0 Å². The molecule has 0 radical (unpaired) electrons. The summed E-state index contributed by atoms with van der Waals surface area (Å²) in [5.74, 6) is 0. The third kappa shape index (κ3) is 6.71. The predicted octanol–water partition coefficient (Wildman–Crippen LogP) is 3.77. The zero-order chi connectivity index (χ0) is 13.9. The van der Waals surface area contributed by atoms with E-state index < -0.39 is 6.10 Å². The standard InChI is InChI=1S/C15H29N3O/c1-3-4-5-6-7-8-9-10-11-12-15(19)14-13-16-17-18(14)2/h13,15,19H,3-12H2,1-2H3. The van der Waals surface area contributed by atoms with E-state index in [0.29, 0.717) is 0 Å². The first kappa shape index (κ1) is 16.2. The lowest BCUT2D eigenvalue weighted by atomic mass is 10.0. The molecule has 1 aromatic heterocycles. The molecule has 0 fully saturated rings. The summed E-state index contributed by atoms with van der Waals surface area (Å²) >= 11 is 0. The molecule has 1 aromatic rings. The van der Waals surface area contributed by atoms with Crippen molar-refractivity contribution in [3.8, 4) is 0 Å². The Morgan fingerprint density at radius 1 is 1.05 bits per heavy atom. The number of unbranched alkanes of at least 4 members (excludes halogenated alkanes) is 8. The van der Waals surface area contributed by atoms with Crippen molar-refractivity contribution in [2.45, 2.75) is 77.2 Å². The lowest BCUT2D eigenvalue weighted by molar-refractivity contribution is 0.154. The third-order valence-electron chi connectivity index (χ3n) is 3.67. The highest BCUT2D eigenvalue weighted by Gasteiger charge is 2.11. The number of hydrogen-bond acceptors (Lipinski definition) is 3. The van der Waals surface area contributed by atoms with Crippen LogP contribution in [0.4, 0.5) is 0 Å². The quantitative estimate of drug-likeness (QED) is 0.621. The largest absolute Gasteiger partial charge is 0.387 e. The van der Waals surface area contributed by atoms with Crippen molar-refractivity contribution in [3.05, 3.63) is 11.9 Å². The van der Waals surface area contributed by atoms with E-state index in [2.05, 4.69) is 17.2 Å². The zero-order valence-electron chi connectivity index (χ0n) is 12.5. The fraction of sp³-hybridized carbons (Fsp3) is 0.867. The summed E-state index contributed by atoms with van der Waals surface area (Å²) in [5, 5.41) is 17.6. The fourth-order valence-electron chi connectivity index (χ4n) is 2.40. The molecule has 0 saturated heterocycles. The Bertz CT molecular complexity index is 325. The van der Waals surface area contributed by atoms with E-state index in [1.54, 1.807) is 10.9 Å². The van der Waals surface area contributed by atoms with Gasteiger partial charge >= 0.3 is 0 Å². The molecule has 19 heavy (non-hydrogen) atoms. The summed E-state index contributed by atoms with van der Waals surface area (Å²) in [6.45, 7) is 2.25. The molecule has 0 aliphatic rings. The Morgan fingerprint density at radius 2 is 1.63 bits per heavy atom. The van der Waals surface area contributed by atoms with Crippen LogP contribution < -0.4 is 0 Å². The second-order valence-electron chi connectivity index (χ2n) is 5.42. The van der Waals surface area contributed by atoms with E-state index in [0.717, 1.165) is 18.5 Å². The summed E-state index contributed by atoms with van der Waals surface area (Å²) in [7, 11) is 1.82. The Kier molecular flexibility index (Phi) is 8.47. The molecule has 0 amide bonds. The van der Waals surface area contributed by atoms with Crippen LogP contribution in [0.25, 0.3) is 0 Å². The Morgan fingerprint density at radius 3 is 2.16 bits per heavy atom. The van der Waals surface area contributed by atoms with E-state index in [4.69, 9.17) is 0 Å². The van der Waals surface area contributed by atoms with Crippen LogP contribution in [0.5, 0.6) is 0 Å². The maximum atomic E-state index is 9.99. The van der Waals surface area contributed by atoms with Gasteiger partial charge in [-0.25, -0.2) is 4.68 Å². The second kappa shape index (κ2) is 9.96. The summed E-state index contributed by atoms with van der Waals surface area (Å²) in [6.07, 6.45) is 13.8. The first-order valence-electron chi connectivity index (χ1n) is 7.78. The Labute approximate surface area is 117 Å². The first-order chi connectivity index (χ1) is 9.25. The molecule has 0 aromatic carbocycles. The highest BCUT2D eigenvalue weighted by Crippen LogP contribution is 2.18. The van der Waals surface area contributed by atoms with Gasteiger partial charge in [-0.15, -0.1) is 5.10 Å². The van der Waals surface area contributed by atoms with Gasteiger partial charge in [0.05, 0.1) is 18.0 Å². The predicted molar refractivity (Wildman–Crippen MR) is 77.8 cm³/mol. The molecule has 1 N–H and O–H groups in total. The van der Waals surface area contributed by atoms with Crippen LogP contribution in [0.2, 0.25) is 0 Å². The van der Waals surface area contributed by atoms with Crippen LogP contribution in [0, 0.1) is 0 Å². The van der Waals surface area contributed by atoms with Crippen molar-refractivity contribution >= 4 is 0 Å². The van der Waals surface area contributed by atoms with Gasteiger partial charge in [-0.2, -0.15) is 0 Å². The van der Waals surface area contributed by atoms with Crippen LogP contribution >= 0.6 is 0 Å². The van der Waals surface area contributed by atoms with E-state index in [-0.39, 0.29) is 0 Å². The minimum Gasteiger partial charge on any atom is -0.387 e. The van der Waals surface area contributed by atoms with Gasteiger partial charge in [0.1, 0.15) is 0 Å². The summed E-state index contributed by atoms with van der Waals surface area (Å²) in [5.41, 5.74) is 0.819. The van der Waals surface area contributed by atoms with Crippen molar-refractivity contribution in [2.75, 3.05) is 0 Å². The van der Waals surface area contributed by atoms with Gasteiger partial charge < -0.3 is 5.11 Å². The number of hydrogen-bond donors (Lipinski definition) is 1. The minimum absolute atomic E-state index is 0.412. The normalized spacial score (nSPS) is 12.8. The molecule has 0 aliphatic heterocycles. The summed E-state index contributed by atoms with van der Waals surface area (Å²) < 4.78 is 1.65. The molecular weight excluding hydrogens is 238 g/mol. The van der Waals surface area contributed by atoms with Crippen molar-refractivity contribution < 1.29 is 5.11 Å². The van der Waals surface area contributed by atoms with Crippen LogP contribution in [0.15, 0.2) is 6.20 Å². The van der Waals surface area contributed by atoms with Gasteiger partial charge in [-0.05, 0) is 6.42 Å². The van der Waals surface area contributed by atoms with E-state index in [1.165, 1.54) is 51.4 Å². The van der Waals surface area contributed by atoms with Crippen molar-refractivity contribution in [1.82, 2.24) is 15.0 Å². The molecule has 4 heteroatoms. The van der Waals surface area contributed by atoms with Crippen LogP contribution in [-0.2, 0) is 7.05 Å². The van der Waals surface area contributed by atoms with Gasteiger partial charge in [0.15, 0.2) is 0 Å². The van der Waals surface area contributed by atoms with Gasteiger partial charge in [0.25, 0.3) is 0 Å². The molecule has 1 unspecified atom stereocenters. The van der Waals surface area contributed by atoms with E-state index in [1.807, 2.05) is 7.05 Å². The second-order valence-corrected chi connectivity index (χ2v) is 5.42. The fourth-order valence-corrected chi connectivity index (χ4v) is 2.40. The van der Waals surface area contributed by atoms with Gasteiger partial charge in [0, 0.05) is 7.05 Å². The average Bonchev–Trinajstić information content (AvgIpc) is 2.83. The zero-order valence-corrected chi connectivity index (χ0v) is 12.5. The summed E-state index contributed by atoms with van der Waals surface area (Å²) in [4.78, 5) is 0. The molecule has 0 bridgehead atoms. The van der Waals surface area contributed by atoms with Gasteiger partial charge in [-0.3, -0.25) is 0 Å². The molecular formula is C15H29N3O. The smallest absolute Gasteiger partial charge is 0.0972 e. The maximum absolute atomic E-state index is 9.99. The first-order valence-corrected chi connectivity index (χ1v) is 7.78. The number of aryl methyl sites for hydroxylation is 1. The number of aliphatic hydroxyl groups is 1. The molecule has 1 rings (SSSR count). The molecule has 0 aliphatic carbocycles. The van der Waals surface area contributed by atoms with Crippen LogP contribution in [0.1, 0.15) is 82.9 Å². The van der Waals surface area contributed by atoms with Crippen LogP contribution in [-0.4, -0.2) is 20.1 Å². The minimum atomic E-state index is -0.412. The number of aromatic nitrogens is 3. The molecule has 0 spiro atoms. The monoisotopic (exact) mass is 267 g/mol. The summed E-state index contributed by atoms with van der Waals surface area (Å²) in [6, 6.07) is 0. The molecule has 4 nitrogen and oxygen atoms in total. The molecule has 1 heterocycles. The van der Waals surface area contributed by atoms with Crippen LogP contribution in [0.3, 0.4) is 0 Å². The topological polar surface area (TPSA) is 50.9 Å². The number of nitrogens with zero attached hydrogens (tertiary/aromatic N) is 3. The molecule has 0 saturated carbocycles. The average molecular weight is 267 g/mol.